The zero-order valence-corrected chi connectivity index (χ0v) is 17.8. The molecule has 1 aliphatic rings. The van der Waals surface area contributed by atoms with E-state index in [1.54, 1.807) is 15.9 Å². The van der Waals surface area contributed by atoms with Gasteiger partial charge in [-0.2, -0.15) is 9.40 Å². The van der Waals surface area contributed by atoms with Gasteiger partial charge in [0.1, 0.15) is 4.90 Å². The largest absolute Gasteiger partial charge is 0.296 e. The van der Waals surface area contributed by atoms with Gasteiger partial charge in [-0.15, -0.1) is 0 Å². The highest BCUT2D eigenvalue weighted by Gasteiger charge is 2.33. The maximum absolute atomic E-state index is 13.1. The molecular weight excluding hydrogens is 416 g/mol. The van der Waals surface area contributed by atoms with Crippen molar-refractivity contribution in [3.05, 3.63) is 45.7 Å². The molecule has 1 aromatic heterocycles. The Morgan fingerprint density at radius 2 is 1.85 bits per heavy atom. The van der Waals surface area contributed by atoms with Gasteiger partial charge >= 0.3 is 0 Å². The molecule has 1 saturated heterocycles. The van der Waals surface area contributed by atoms with Crippen molar-refractivity contribution >= 4 is 26.0 Å². The molecule has 0 N–H and O–H groups in total. The van der Waals surface area contributed by atoms with Gasteiger partial charge in [0.15, 0.2) is 0 Å². The Bertz CT molecular complexity index is 887. The second-order valence-electron chi connectivity index (χ2n) is 6.63. The van der Waals surface area contributed by atoms with Crippen LogP contribution in [0.25, 0.3) is 0 Å². The van der Waals surface area contributed by atoms with Gasteiger partial charge in [0.25, 0.3) is 0 Å². The quantitative estimate of drug-likeness (QED) is 0.716. The highest BCUT2D eigenvalue weighted by molar-refractivity contribution is 9.10. The molecule has 8 heteroatoms. The molecule has 0 aliphatic carbocycles. The number of halogens is 1. The lowest BCUT2D eigenvalue weighted by molar-refractivity contribution is 0.181. The summed E-state index contributed by atoms with van der Waals surface area (Å²) in [4.78, 5) is 2.67. The first-order chi connectivity index (χ1) is 12.3. The molecule has 0 bridgehead atoms. The summed E-state index contributed by atoms with van der Waals surface area (Å²) in [5, 5.41) is 4.36. The van der Waals surface area contributed by atoms with Crippen molar-refractivity contribution < 1.29 is 8.42 Å². The number of hydrogen-bond donors (Lipinski definition) is 0. The normalized spacial score (nSPS) is 16.9. The van der Waals surface area contributed by atoms with E-state index >= 15 is 0 Å². The highest BCUT2D eigenvalue weighted by Crippen LogP contribution is 2.25. The third-order valence-corrected chi connectivity index (χ3v) is 7.48. The molecule has 0 amide bonds. The maximum Gasteiger partial charge on any atom is 0.246 e. The minimum Gasteiger partial charge on any atom is -0.296 e. The Balaban J connectivity index is 1.70. The first kappa shape index (κ1) is 19.5. The molecule has 1 aliphatic heterocycles. The maximum atomic E-state index is 13.1. The Kier molecular flexibility index (Phi) is 5.86. The van der Waals surface area contributed by atoms with Crippen LogP contribution in [0.2, 0.25) is 0 Å². The van der Waals surface area contributed by atoms with Crippen molar-refractivity contribution in [3.63, 3.8) is 0 Å². The number of aryl methyl sites for hydroxylation is 2. The van der Waals surface area contributed by atoms with Crippen LogP contribution in [-0.2, 0) is 23.1 Å². The fraction of sp³-hybridized carbons (Fsp3) is 0.500. The second kappa shape index (κ2) is 7.80. The molecule has 26 heavy (non-hydrogen) atoms. The molecule has 0 saturated carbocycles. The van der Waals surface area contributed by atoms with Crippen LogP contribution in [0.3, 0.4) is 0 Å². The summed E-state index contributed by atoms with van der Waals surface area (Å²) in [5.74, 6) is 0. The molecule has 0 radical (unpaired) electrons. The third kappa shape index (κ3) is 3.88. The van der Waals surface area contributed by atoms with E-state index < -0.39 is 10.0 Å². The molecule has 2 aromatic rings. The topological polar surface area (TPSA) is 58.4 Å². The van der Waals surface area contributed by atoms with Crippen LogP contribution in [-0.4, -0.2) is 53.6 Å². The minimum atomic E-state index is -3.50. The van der Waals surface area contributed by atoms with Gasteiger partial charge in [-0.3, -0.25) is 9.58 Å². The summed E-state index contributed by atoms with van der Waals surface area (Å²) in [5.41, 5.74) is 2.54. The molecule has 6 nitrogen and oxygen atoms in total. The number of aromatic nitrogens is 2. The van der Waals surface area contributed by atoms with Crippen LogP contribution >= 0.6 is 15.9 Å². The van der Waals surface area contributed by atoms with Crippen LogP contribution in [0, 0.1) is 13.8 Å². The van der Waals surface area contributed by atoms with E-state index in [0.717, 1.165) is 29.8 Å². The van der Waals surface area contributed by atoms with Gasteiger partial charge < -0.3 is 0 Å². The fourth-order valence-electron chi connectivity index (χ4n) is 3.51. The predicted octanol–water partition coefficient (Wildman–Crippen LogP) is 2.79. The minimum absolute atomic E-state index is 0.375. The molecule has 3 rings (SSSR count). The van der Waals surface area contributed by atoms with Crippen LogP contribution in [0.1, 0.15) is 23.9 Å². The summed E-state index contributed by atoms with van der Waals surface area (Å²) < 4.78 is 30.7. The number of piperazine rings is 1. The fourth-order valence-corrected chi connectivity index (χ4v) is 5.75. The Hall–Kier alpha value is -1.22. The van der Waals surface area contributed by atoms with Crippen LogP contribution in [0.15, 0.2) is 33.6 Å². The highest BCUT2D eigenvalue weighted by atomic mass is 79.9. The molecule has 2 heterocycles. The summed E-state index contributed by atoms with van der Waals surface area (Å²) >= 11 is 3.50. The van der Waals surface area contributed by atoms with E-state index in [4.69, 9.17) is 0 Å². The number of hydrogen-bond acceptors (Lipinski definition) is 4. The van der Waals surface area contributed by atoms with Gasteiger partial charge in [-0.05, 0) is 38.5 Å². The Morgan fingerprint density at radius 1 is 1.15 bits per heavy atom. The van der Waals surface area contributed by atoms with E-state index in [-0.39, 0.29) is 0 Å². The monoisotopic (exact) mass is 440 g/mol. The number of nitrogens with zero attached hydrogens (tertiary/aromatic N) is 4. The van der Waals surface area contributed by atoms with E-state index in [9.17, 15) is 8.42 Å². The number of sulfonamides is 1. The molecule has 1 aromatic carbocycles. The first-order valence-electron chi connectivity index (χ1n) is 8.84. The lowest BCUT2D eigenvalue weighted by Crippen LogP contribution is -2.48. The average molecular weight is 441 g/mol. The zero-order chi connectivity index (χ0) is 18.9. The Morgan fingerprint density at radius 3 is 2.42 bits per heavy atom. The van der Waals surface area contributed by atoms with Crippen molar-refractivity contribution in [2.45, 2.75) is 38.8 Å². The van der Waals surface area contributed by atoms with E-state index in [0.29, 0.717) is 30.2 Å². The molecule has 0 atom stereocenters. The lowest BCUT2D eigenvalue weighted by atomic mass is 10.2. The smallest absolute Gasteiger partial charge is 0.246 e. The van der Waals surface area contributed by atoms with Gasteiger partial charge in [0, 0.05) is 43.7 Å². The predicted molar refractivity (Wildman–Crippen MR) is 106 cm³/mol. The van der Waals surface area contributed by atoms with Gasteiger partial charge in [-0.1, -0.05) is 28.1 Å². The standard InChI is InChI=1S/C18H25BrN4O2S/c1-4-23-15(3)18(14(2)20-23)26(24,25)22-10-8-21(9-11-22)13-16-6-5-7-17(19)12-16/h5-7,12H,4,8-11,13H2,1-3H3. The van der Waals surface area contributed by atoms with E-state index in [1.807, 2.05) is 26.0 Å². The summed E-state index contributed by atoms with van der Waals surface area (Å²) in [6.45, 7) is 9.55. The molecule has 142 valence electrons. The first-order valence-corrected chi connectivity index (χ1v) is 11.1. The van der Waals surface area contributed by atoms with Crippen molar-refractivity contribution in [1.82, 2.24) is 19.0 Å². The molecule has 0 spiro atoms. The third-order valence-electron chi connectivity index (χ3n) is 4.84. The lowest BCUT2D eigenvalue weighted by Gasteiger charge is -2.34. The van der Waals surface area contributed by atoms with Gasteiger partial charge in [-0.25, -0.2) is 8.42 Å². The zero-order valence-electron chi connectivity index (χ0n) is 15.4. The summed E-state index contributed by atoms with van der Waals surface area (Å²) in [6, 6.07) is 8.24. The second-order valence-corrected chi connectivity index (χ2v) is 9.42. The van der Waals surface area contributed by atoms with Gasteiger partial charge in [0.05, 0.1) is 11.4 Å². The van der Waals surface area contributed by atoms with E-state index in [1.165, 1.54) is 5.56 Å². The molecule has 0 unspecified atom stereocenters. The number of benzene rings is 1. The molecular formula is C18H25BrN4O2S. The van der Waals surface area contributed by atoms with Crippen molar-refractivity contribution in [2.24, 2.45) is 0 Å². The van der Waals surface area contributed by atoms with Crippen molar-refractivity contribution in [2.75, 3.05) is 26.2 Å². The van der Waals surface area contributed by atoms with Crippen molar-refractivity contribution in [3.8, 4) is 0 Å². The van der Waals surface area contributed by atoms with Crippen LogP contribution in [0.4, 0.5) is 0 Å². The summed E-state index contributed by atoms with van der Waals surface area (Å²) in [7, 11) is -3.50. The average Bonchev–Trinajstić information content (AvgIpc) is 2.89. The van der Waals surface area contributed by atoms with Crippen LogP contribution in [0.5, 0.6) is 0 Å². The summed E-state index contributed by atoms with van der Waals surface area (Å²) in [6.07, 6.45) is 0. The SMILES string of the molecule is CCn1nc(C)c(S(=O)(=O)N2CCN(Cc3cccc(Br)c3)CC2)c1C. The van der Waals surface area contributed by atoms with Crippen LogP contribution < -0.4 is 0 Å². The Labute approximate surface area is 164 Å². The van der Waals surface area contributed by atoms with E-state index in [2.05, 4.69) is 38.1 Å². The number of rotatable bonds is 5. The molecule has 1 fully saturated rings. The van der Waals surface area contributed by atoms with Gasteiger partial charge in [0.2, 0.25) is 10.0 Å². The van der Waals surface area contributed by atoms with Crippen molar-refractivity contribution in [1.29, 1.82) is 0 Å².